The highest BCUT2D eigenvalue weighted by atomic mass is 35.5. The third-order valence-corrected chi connectivity index (χ3v) is 7.33. The van der Waals surface area contributed by atoms with Crippen LogP contribution in [0.4, 0.5) is 5.69 Å². The average molecular weight is 403 g/mol. The Kier molecular flexibility index (Phi) is 5.86. The topological polar surface area (TPSA) is 89.8 Å². The molecule has 1 aliphatic carbocycles. The Bertz CT molecular complexity index is 745. The largest absolute Gasteiger partial charge is 0.368 e. The van der Waals surface area contributed by atoms with E-state index in [0.29, 0.717) is 6.54 Å². The van der Waals surface area contributed by atoms with Crippen LogP contribution in [-0.4, -0.2) is 48.3 Å². The zero-order chi connectivity index (χ0) is 18.8. The minimum Gasteiger partial charge on any atom is -0.368 e. The summed E-state index contributed by atoms with van der Waals surface area (Å²) >= 11 is 6.02. The molecule has 7 nitrogen and oxygen atoms in total. The molecule has 0 bridgehead atoms. The van der Waals surface area contributed by atoms with Crippen LogP contribution >= 0.6 is 11.6 Å². The molecule has 1 saturated heterocycles. The minimum atomic E-state index is -3.76. The molecule has 1 atom stereocenters. The van der Waals surface area contributed by atoms with E-state index in [1.807, 2.05) is 0 Å². The summed E-state index contributed by atoms with van der Waals surface area (Å²) < 4.78 is 33.9. The lowest BCUT2D eigenvalue weighted by Crippen LogP contribution is -2.57. The summed E-state index contributed by atoms with van der Waals surface area (Å²) in [7, 11) is -3.76. The van der Waals surface area contributed by atoms with Crippen LogP contribution in [0.15, 0.2) is 29.2 Å². The molecule has 2 fully saturated rings. The van der Waals surface area contributed by atoms with E-state index in [1.165, 1.54) is 28.6 Å². The predicted molar refractivity (Wildman–Crippen MR) is 97.9 cm³/mol. The van der Waals surface area contributed by atoms with E-state index in [-0.39, 0.29) is 29.1 Å². The van der Waals surface area contributed by atoms with Gasteiger partial charge in [-0.1, -0.05) is 25.7 Å². The molecule has 1 heterocycles. The van der Waals surface area contributed by atoms with Crippen molar-refractivity contribution in [3.63, 3.8) is 0 Å². The van der Waals surface area contributed by atoms with E-state index in [0.717, 1.165) is 38.5 Å². The average Bonchev–Trinajstić information content (AvgIpc) is 2.86. The molecular weight excluding hydrogens is 380 g/mol. The zero-order valence-electron chi connectivity index (χ0n) is 14.5. The van der Waals surface area contributed by atoms with Gasteiger partial charge in [0.25, 0.3) is 5.69 Å². The Hall–Kier alpha value is -1.22. The second kappa shape index (κ2) is 7.80. The molecule has 1 spiro atoms. The Morgan fingerprint density at radius 1 is 1.19 bits per heavy atom. The van der Waals surface area contributed by atoms with Gasteiger partial charge in [0.2, 0.25) is 10.0 Å². The highest BCUT2D eigenvalue weighted by Crippen LogP contribution is 2.37. The van der Waals surface area contributed by atoms with Crippen molar-refractivity contribution in [2.45, 2.75) is 55.1 Å². The first-order valence-corrected chi connectivity index (χ1v) is 10.8. The number of halogens is 1. The number of sulfonamides is 1. The number of rotatable bonds is 4. The molecule has 1 unspecified atom stereocenters. The van der Waals surface area contributed by atoms with Crippen molar-refractivity contribution in [2.24, 2.45) is 0 Å². The van der Waals surface area contributed by atoms with Gasteiger partial charge in [-0.05, 0) is 25.0 Å². The monoisotopic (exact) mass is 402 g/mol. The molecule has 0 radical (unpaired) electrons. The zero-order valence-corrected chi connectivity index (χ0v) is 16.0. The third kappa shape index (κ3) is 4.03. The van der Waals surface area contributed by atoms with Gasteiger partial charge in [0.1, 0.15) is 0 Å². The number of nitrogens with zero attached hydrogens (tertiary/aromatic N) is 2. The third-order valence-electron chi connectivity index (χ3n) is 5.16. The highest BCUT2D eigenvalue weighted by Gasteiger charge is 2.44. The molecule has 2 aliphatic rings. The van der Waals surface area contributed by atoms with Gasteiger partial charge < -0.3 is 4.74 Å². The quantitative estimate of drug-likeness (QED) is 0.437. The molecule has 0 amide bonds. The highest BCUT2D eigenvalue weighted by molar-refractivity contribution is 7.89. The Balaban J connectivity index is 1.88. The summed E-state index contributed by atoms with van der Waals surface area (Å²) in [5.74, 6) is 0.230. The number of benzene rings is 1. The number of non-ortho nitro benzene ring substituents is 1. The summed E-state index contributed by atoms with van der Waals surface area (Å²) in [4.78, 5) is 10.3. The van der Waals surface area contributed by atoms with E-state index in [9.17, 15) is 18.5 Å². The molecule has 3 rings (SSSR count). The van der Waals surface area contributed by atoms with Gasteiger partial charge in [-0.2, -0.15) is 4.31 Å². The first-order chi connectivity index (χ1) is 12.4. The second-order valence-electron chi connectivity index (χ2n) is 7.04. The predicted octanol–water partition coefficient (Wildman–Crippen LogP) is 3.32. The van der Waals surface area contributed by atoms with Gasteiger partial charge in [0.05, 0.1) is 21.5 Å². The molecule has 0 aromatic heterocycles. The Morgan fingerprint density at radius 2 is 1.81 bits per heavy atom. The van der Waals surface area contributed by atoms with Crippen molar-refractivity contribution in [2.75, 3.05) is 19.0 Å². The number of nitro benzene ring substituents is 1. The first-order valence-electron chi connectivity index (χ1n) is 8.85. The summed E-state index contributed by atoms with van der Waals surface area (Å²) in [5.41, 5.74) is -0.618. The van der Waals surface area contributed by atoms with Gasteiger partial charge in [-0.25, -0.2) is 8.42 Å². The van der Waals surface area contributed by atoms with E-state index < -0.39 is 20.5 Å². The first kappa shape index (κ1) is 19.5. The molecule has 1 saturated carbocycles. The minimum absolute atomic E-state index is 0.0575. The fraction of sp³-hybridized carbons (Fsp3) is 0.647. The van der Waals surface area contributed by atoms with Crippen molar-refractivity contribution in [3.05, 3.63) is 34.4 Å². The number of morpholine rings is 1. The van der Waals surface area contributed by atoms with Gasteiger partial charge >= 0.3 is 0 Å². The van der Waals surface area contributed by atoms with Crippen LogP contribution < -0.4 is 0 Å². The Labute approximate surface area is 158 Å². The van der Waals surface area contributed by atoms with Gasteiger partial charge in [0.15, 0.2) is 0 Å². The van der Waals surface area contributed by atoms with Crippen LogP contribution in [-0.2, 0) is 14.8 Å². The maximum Gasteiger partial charge on any atom is 0.269 e. The summed E-state index contributed by atoms with van der Waals surface area (Å²) in [6, 6.07) is 5.01. The molecule has 1 aromatic carbocycles. The van der Waals surface area contributed by atoms with Crippen LogP contribution in [0.3, 0.4) is 0 Å². The standard InChI is InChI=1S/C17H23ClN2O5S/c18-11-15-12-19(13-17(25-15)9-3-1-2-4-10-17)26(23,24)16-7-5-14(6-8-16)20(21)22/h5-8,15H,1-4,9-13H2. The summed E-state index contributed by atoms with van der Waals surface area (Å²) in [6.45, 7) is 0.504. The van der Waals surface area contributed by atoms with E-state index in [4.69, 9.17) is 16.3 Å². The van der Waals surface area contributed by atoms with E-state index in [2.05, 4.69) is 0 Å². The molecular formula is C17H23ClN2O5S. The van der Waals surface area contributed by atoms with Gasteiger partial charge in [-0.15, -0.1) is 11.6 Å². The molecule has 1 aromatic rings. The van der Waals surface area contributed by atoms with Gasteiger partial charge in [-0.3, -0.25) is 10.1 Å². The number of hydrogen-bond acceptors (Lipinski definition) is 5. The lowest BCUT2D eigenvalue weighted by Gasteiger charge is -2.45. The van der Waals surface area contributed by atoms with E-state index in [1.54, 1.807) is 0 Å². The molecule has 26 heavy (non-hydrogen) atoms. The summed E-state index contributed by atoms with van der Waals surface area (Å²) in [6.07, 6.45) is 5.59. The van der Waals surface area contributed by atoms with Crippen molar-refractivity contribution < 1.29 is 18.1 Å². The molecule has 0 N–H and O–H groups in total. The van der Waals surface area contributed by atoms with Crippen LogP contribution in [0, 0.1) is 10.1 Å². The molecule has 9 heteroatoms. The smallest absolute Gasteiger partial charge is 0.269 e. The number of alkyl halides is 1. The van der Waals surface area contributed by atoms with Crippen LogP contribution in [0.25, 0.3) is 0 Å². The SMILES string of the molecule is O=[N+]([O-])c1ccc(S(=O)(=O)N2CC(CCl)OC3(CCCCCC3)C2)cc1. The summed E-state index contributed by atoms with van der Waals surface area (Å²) in [5, 5.41) is 10.8. The maximum absolute atomic E-state index is 13.1. The molecule has 1 aliphatic heterocycles. The number of hydrogen-bond donors (Lipinski definition) is 0. The van der Waals surface area contributed by atoms with Crippen LogP contribution in [0.1, 0.15) is 38.5 Å². The fourth-order valence-electron chi connectivity index (χ4n) is 3.84. The molecule has 144 valence electrons. The lowest BCUT2D eigenvalue weighted by atomic mass is 9.92. The second-order valence-corrected chi connectivity index (χ2v) is 9.29. The Morgan fingerprint density at radius 3 is 2.35 bits per heavy atom. The van der Waals surface area contributed by atoms with Crippen molar-refractivity contribution in [3.8, 4) is 0 Å². The normalized spacial score (nSPS) is 24.3. The maximum atomic E-state index is 13.1. The lowest BCUT2D eigenvalue weighted by molar-refractivity contribution is -0.384. The van der Waals surface area contributed by atoms with E-state index >= 15 is 0 Å². The van der Waals surface area contributed by atoms with Crippen molar-refractivity contribution in [1.82, 2.24) is 4.31 Å². The number of ether oxygens (including phenoxy) is 1. The van der Waals surface area contributed by atoms with Crippen LogP contribution in [0.5, 0.6) is 0 Å². The number of nitro groups is 1. The van der Waals surface area contributed by atoms with Crippen LogP contribution in [0.2, 0.25) is 0 Å². The van der Waals surface area contributed by atoms with Crippen molar-refractivity contribution in [1.29, 1.82) is 0 Å². The van der Waals surface area contributed by atoms with Gasteiger partial charge in [0, 0.05) is 31.1 Å². The van der Waals surface area contributed by atoms with Crippen molar-refractivity contribution >= 4 is 27.3 Å². The fourth-order valence-corrected chi connectivity index (χ4v) is 5.55.